The number of hydrogen-bond acceptors (Lipinski definition) is 4. The minimum Gasteiger partial charge on any atom is -0.507 e. The Kier molecular flexibility index (Phi) is 2.94. The third-order valence-electron chi connectivity index (χ3n) is 2.72. The molecule has 0 aliphatic heterocycles. The lowest BCUT2D eigenvalue weighted by atomic mass is 10.1. The molecule has 0 radical (unpaired) electrons. The molecule has 0 atom stereocenters. The third kappa shape index (κ3) is 2.07. The maximum absolute atomic E-state index is 9.81. The molecule has 3 rings (SSSR count). The molecule has 2 aromatic carbocycles. The zero-order chi connectivity index (χ0) is 12.4. The largest absolute Gasteiger partial charge is 0.507 e. The first kappa shape index (κ1) is 11.2. The average molecular weight is 257 g/mol. The van der Waals surface area contributed by atoms with Crippen LogP contribution in [0.15, 0.2) is 58.1 Å². The number of nitrogens with zero attached hydrogens (tertiary/aromatic N) is 1. The van der Waals surface area contributed by atoms with Gasteiger partial charge >= 0.3 is 0 Å². The second kappa shape index (κ2) is 4.74. The van der Waals surface area contributed by atoms with Crippen molar-refractivity contribution in [2.24, 2.45) is 0 Å². The van der Waals surface area contributed by atoms with Gasteiger partial charge in [-0.3, -0.25) is 0 Å². The van der Waals surface area contributed by atoms with E-state index in [4.69, 9.17) is 4.52 Å². The summed E-state index contributed by atoms with van der Waals surface area (Å²) in [6, 6.07) is 13.3. The van der Waals surface area contributed by atoms with E-state index in [1.54, 1.807) is 24.0 Å². The predicted octanol–water partition coefficient (Wildman–Crippen LogP) is 3.83. The average Bonchev–Trinajstić information content (AvgIpc) is 2.92. The molecule has 1 aromatic heterocycles. The molecule has 4 heteroatoms. The monoisotopic (exact) mass is 257 g/mol. The minimum atomic E-state index is 0.314. The van der Waals surface area contributed by atoms with Crippen molar-refractivity contribution in [3.8, 4) is 5.75 Å². The van der Waals surface area contributed by atoms with Gasteiger partial charge in [0.2, 0.25) is 0 Å². The summed E-state index contributed by atoms with van der Waals surface area (Å²) in [6.45, 7) is 0. The highest BCUT2D eigenvalue weighted by Gasteiger charge is 2.06. The molecule has 1 heterocycles. The van der Waals surface area contributed by atoms with Gasteiger partial charge in [-0.05, 0) is 17.5 Å². The van der Waals surface area contributed by atoms with Crippen molar-refractivity contribution in [1.82, 2.24) is 5.16 Å². The molecule has 90 valence electrons. The van der Waals surface area contributed by atoms with Gasteiger partial charge in [-0.15, -0.1) is 11.8 Å². The number of phenolic OH excluding ortho intramolecular Hbond substituents is 1. The lowest BCUT2D eigenvalue weighted by molar-refractivity contribution is 0.395. The number of hydrogen-bond donors (Lipinski definition) is 1. The van der Waals surface area contributed by atoms with Gasteiger partial charge in [0.05, 0.1) is 11.9 Å². The smallest absolute Gasteiger partial charge is 0.146 e. The van der Waals surface area contributed by atoms with Crippen LogP contribution in [0, 0.1) is 0 Å². The molecule has 0 fully saturated rings. The first-order chi connectivity index (χ1) is 8.84. The van der Waals surface area contributed by atoms with Gasteiger partial charge in [-0.1, -0.05) is 29.4 Å². The first-order valence-corrected chi connectivity index (χ1v) is 6.56. The molecule has 3 nitrogen and oxygen atoms in total. The van der Waals surface area contributed by atoms with Crippen molar-refractivity contribution in [2.75, 3.05) is 0 Å². The normalized spacial score (nSPS) is 10.9. The van der Waals surface area contributed by atoms with Crippen molar-refractivity contribution in [3.63, 3.8) is 0 Å². The summed E-state index contributed by atoms with van der Waals surface area (Å²) >= 11 is 1.67. The number of phenols is 1. The Bertz CT molecular complexity index is 665. The van der Waals surface area contributed by atoms with E-state index in [0.29, 0.717) is 5.75 Å². The van der Waals surface area contributed by atoms with Crippen molar-refractivity contribution in [1.29, 1.82) is 0 Å². The van der Waals surface area contributed by atoms with Crippen LogP contribution >= 0.6 is 11.8 Å². The number of aromatic hydroxyl groups is 1. The van der Waals surface area contributed by atoms with Crippen LogP contribution < -0.4 is 0 Å². The van der Waals surface area contributed by atoms with E-state index in [9.17, 15) is 5.11 Å². The van der Waals surface area contributed by atoms with Crippen molar-refractivity contribution in [2.45, 2.75) is 10.6 Å². The molecule has 0 aliphatic carbocycles. The van der Waals surface area contributed by atoms with Crippen molar-refractivity contribution >= 4 is 22.5 Å². The molecule has 3 aromatic rings. The predicted molar refractivity (Wildman–Crippen MR) is 71.7 cm³/mol. The Balaban J connectivity index is 1.94. The lowest BCUT2D eigenvalue weighted by Gasteiger charge is -2.06. The Hall–Kier alpha value is -1.94. The summed E-state index contributed by atoms with van der Waals surface area (Å²) in [5.41, 5.74) is 0. The van der Waals surface area contributed by atoms with Crippen LogP contribution in [0.5, 0.6) is 5.75 Å². The number of rotatable bonds is 3. The van der Waals surface area contributed by atoms with Crippen LogP contribution in [-0.2, 0) is 5.75 Å². The molecule has 0 saturated heterocycles. The molecule has 0 bridgehead atoms. The summed E-state index contributed by atoms with van der Waals surface area (Å²) in [5, 5.41) is 15.4. The highest BCUT2D eigenvalue weighted by molar-refractivity contribution is 7.98. The van der Waals surface area contributed by atoms with Crippen LogP contribution in [0.1, 0.15) is 5.76 Å². The van der Waals surface area contributed by atoms with Gasteiger partial charge in [-0.2, -0.15) is 0 Å². The van der Waals surface area contributed by atoms with Crippen molar-refractivity contribution < 1.29 is 9.63 Å². The zero-order valence-corrected chi connectivity index (χ0v) is 10.4. The topological polar surface area (TPSA) is 46.3 Å². The van der Waals surface area contributed by atoms with Crippen LogP contribution in [-0.4, -0.2) is 10.3 Å². The van der Waals surface area contributed by atoms with Gasteiger partial charge in [-0.25, -0.2) is 0 Å². The number of benzene rings is 2. The summed E-state index contributed by atoms with van der Waals surface area (Å²) < 4.78 is 5.07. The highest BCUT2D eigenvalue weighted by atomic mass is 32.2. The van der Waals surface area contributed by atoms with E-state index in [2.05, 4.69) is 5.16 Å². The quantitative estimate of drug-likeness (QED) is 0.724. The number of fused-ring (bicyclic) bond motifs is 1. The minimum absolute atomic E-state index is 0.314. The standard InChI is InChI=1S/C14H11NO2S/c16-13-5-6-14(12-4-2-1-3-11(12)13)18-9-10-7-8-15-17-10/h1-8,16H,9H2. The fraction of sp³-hybridized carbons (Fsp3) is 0.0714. The van der Waals surface area contributed by atoms with Gasteiger partial charge in [0.15, 0.2) is 0 Å². The summed E-state index contributed by atoms with van der Waals surface area (Å²) in [7, 11) is 0. The van der Waals surface area contributed by atoms with Gasteiger partial charge < -0.3 is 9.63 Å². The summed E-state index contributed by atoms with van der Waals surface area (Å²) in [4.78, 5) is 1.12. The molecule has 0 aliphatic rings. The van der Waals surface area contributed by atoms with E-state index >= 15 is 0 Å². The SMILES string of the molecule is Oc1ccc(SCc2ccno2)c2ccccc12. The molecule has 0 unspecified atom stereocenters. The number of thioether (sulfide) groups is 1. The molecule has 0 amide bonds. The lowest BCUT2D eigenvalue weighted by Crippen LogP contribution is -1.80. The zero-order valence-electron chi connectivity index (χ0n) is 9.54. The van der Waals surface area contributed by atoms with E-state index in [-0.39, 0.29) is 0 Å². The molecule has 0 saturated carbocycles. The second-order valence-electron chi connectivity index (χ2n) is 3.90. The molecule has 0 spiro atoms. The highest BCUT2D eigenvalue weighted by Crippen LogP contribution is 2.34. The fourth-order valence-corrected chi connectivity index (χ4v) is 2.79. The van der Waals surface area contributed by atoms with Gasteiger partial charge in [0.25, 0.3) is 0 Å². The second-order valence-corrected chi connectivity index (χ2v) is 4.91. The maximum Gasteiger partial charge on any atom is 0.146 e. The molecule has 18 heavy (non-hydrogen) atoms. The Morgan fingerprint density at radius 3 is 2.67 bits per heavy atom. The van der Waals surface area contributed by atoms with E-state index in [0.717, 1.165) is 27.2 Å². The molecule has 1 N–H and O–H groups in total. The Labute approximate surface area is 108 Å². The number of aromatic nitrogens is 1. The van der Waals surface area contributed by atoms with Gasteiger partial charge in [0, 0.05) is 16.3 Å². The van der Waals surface area contributed by atoms with E-state index in [1.165, 1.54) is 0 Å². The fourth-order valence-electron chi connectivity index (χ4n) is 1.85. The molecular formula is C14H11NO2S. The van der Waals surface area contributed by atoms with Crippen LogP contribution in [0.3, 0.4) is 0 Å². The first-order valence-electron chi connectivity index (χ1n) is 5.57. The third-order valence-corrected chi connectivity index (χ3v) is 3.82. The van der Waals surface area contributed by atoms with Crippen molar-refractivity contribution in [3.05, 3.63) is 54.4 Å². The van der Waals surface area contributed by atoms with Crippen LogP contribution in [0.4, 0.5) is 0 Å². The Morgan fingerprint density at radius 2 is 1.89 bits per heavy atom. The van der Waals surface area contributed by atoms with Gasteiger partial charge in [0.1, 0.15) is 11.5 Å². The van der Waals surface area contributed by atoms with E-state index in [1.807, 2.05) is 36.4 Å². The molecular weight excluding hydrogens is 246 g/mol. The van der Waals surface area contributed by atoms with Crippen LogP contribution in [0.25, 0.3) is 10.8 Å². The summed E-state index contributed by atoms with van der Waals surface area (Å²) in [5.74, 6) is 1.89. The Morgan fingerprint density at radius 1 is 1.06 bits per heavy atom. The summed E-state index contributed by atoms with van der Waals surface area (Å²) in [6.07, 6.45) is 1.64. The van der Waals surface area contributed by atoms with Crippen LogP contribution in [0.2, 0.25) is 0 Å². The van der Waals surface area contributed by atoms with E-state index < -0.39 is 0 Å². The maximum atomic E-state index is 9.81.